The van der Waals surface area contributed by atoms with Crippen molar-refractivity contribution in [2.75, 3.05) is 64.6 Å². The Morgan fingerprint density at radius 1 is 1.03 bits per heavy atom. The fourth-order valence-corrected chi connectivity index (χ4v) is 4.06. The second-order valence-corrected chi connectivity index (χ2v) is 7.95. The number of methoxy groups -OCH3 is 1. The van der Waals surface area contributed by atoms with Crippen molar-refractivity contribution in [1.29, 1.82) is 0 Å². The second-order valence-electron chi connectivity index (χ2n) is 7.95. The summed E-state index contributed by atoms with van der Waals surface area (Å²) in [7, 11) is 1.68. The summed E-state index contributed by atoms with van der Waals surface area (Å²) in [5.41, 5.74) is 3.95. The zero-order valence-electron chi connectivity index (χ0n) is 18.1. The Morgan fingerprint density at radius 3 is 2.45 bits per heavy atom. The van der Waals surface area contributed by atoms with Crippen molar-refractivity contribution in [2.45, 2.75) is 6.54 Å². The minimum Gasteiger partial charge on any atom is -0.496 e. The maximum atomic E-state index is 12.8. The molecule has 0 aliphatic carbocycles. The van der Waals surface area contributed by atoms with E-state index < -0.39 is 0 Å². The number of ether oxygens (including phenoxy) is 3. The monoisotopic (exact) mass is 423 g/mol. The van der Waals surface area contributed by atoms with E-state index in [1.165, 1.54) is 10.6 Å². The first-order valence-corrected chi connectivity index (χ1v) is 11.0. The normalized spacial score (nSPS) is 17.8. The summed E-state index contributed by atoms with van der Waals surface area (Å²) in [6.07, 6.45) is 3.53. The number of carbonyl (C=O) groups is 1. The van der Waals surface area contributed by atoms with Crippen molar-refractivity contribution in [3.05, 3.63) is 65.2 Å². The van der Waals surface area contributed by atoms with Crippen molar-refractivity contribution in [1.82, 2.24) is 0 Å². The number of nitrogens with zero attached hydrogens (tertiary/aromatic N) is 1. The number of morpholine rings is 2. The van der Waals surface area contributed by atoms with Gasteiger partial charge in [-0.25, -0.2) is 0 Å². The highest BCUT2D eigenvalue weighted by Gasteiger charge is 2.18. The molecular weight excluding hydrogens is 392 g/mol. The molecule has 0 aromatic heterocycles. The number of carbonyl (C=O) groups excluding carboxylic acids is 1. The van der Waals surface area contributed by atoms with Gasteiger partial charge in [0.15, 0.2) is 5.78 Å². The highest BCUT2D eigenvalue weighted by Crippen LogP contribution is 2.21. The highest BCUT2D eigenvalue weighted by molar-refractivity contribution is 6.07. The highest BCUT2D eigenvalue weighted by atomic mass is 16.5. The summed E-state index contributed by atoms with van der Waals surface area (Å²) < 4.78 is 16.4. The lowest BCUT2D eigenvalue weighted by Crippen LogP contribution is -3.12. The zero-order valence-corrected chi connectivity index (χ0v) is 18.1. The van der Waals surface area contributed by atoms with E-state index in [1.54, 1.807) is 13.2 Å². The van der Waals surface area contributed by atoms with Crippen LogP contribution in [0.1, 0.15) is 21.5 Å². The molecule has 0 saturated carbocycles. The van der Waals surface area contributed by atoms with Crippen LogP contribution in [0.25, 0.3) is 6.08 Å². The van der Waals surface area contributed by atoms with Gasteiger partial charge in [-0.3, -0.25) is 4.79 Å². The van der Waals surface area contributed by atoms with Crippen LogP contribution in [0.2, 0.25) is 0 Å². The van der Waals surface area contributed by atoms with E-state index in [2.05, 4.69) is 29.2 Å². The molecule has 2 heterocycles. The molecule has 2 aliphatic heterocycles. The van der Waals surface area contributed by atoms with Crippen LogP contribution in [0.5, 0.6) is 5.75 Å². The van der Waals surface area contributed by atoms with Crippen LogP contribution >= 0.6 is 0 Å². The molecule has 2 fully saturated rings. The van der Waals surface area contributed by atoms with Gasteiger partial charge in [-0.15, -0.1) is 0 Å². The van der Waals surface area contributed by atoms with Crippen LogP contribution in [-0.2, 0) is 16.0 Å². The number of nitrogens with one attached hydrogen (secondary N) is 1. The van der Waals surface area contributed by atoms with Crippen molar-refractivity contribution in [3.8, 4) is 5.75 Å². The van der Waals surface area contributed by atoms with Gasteiger partial charge in [0.25, 0.3) is 0 Å². The Morgan fingerprint density at radius 2 is 1.74 bits per heavy atom. The van der Waals surface area contributed by atoms with Gasteiger partial charge in [0, 0.05) is 29.9 Å². The predicted molar refractivity (Wildman–Crippen MR) is 121 cm³/mol. The number of hydrogen-bond acceptors (Lipinski definition) is 5. The fourth-order valence-electron chi connectivity index (χ4n) is 4.06. The Bertz CT molecular complexity index is 898. The molecule has 1 N–H and O–H groups in total. The number of hydrogen-bond donors (Lipinski definition) is 1. The Labute approximate surface area is 184 Å². The molecule has 0 bridgehead atoms. The SMILES string of the molecule is COc1ccc(C(=O)/C=C/c2ccc(N3CCOCC3)cc2)cc1C[NH+]1CCOCC1. The Kier molecular flexibility index (Phi) is 7.35. The minimum atomic E-state index is -0.00173. The molecule has 0 amide bonds. The van der Waals surface area contributed by atoms with Crippen LogP contribution in [-0.4, -0.2) is 65.5 Å². The lowest BCUT2D eigenvalue weighted by Gasteiger charge is -2.28. The molecule has 0 unspecified atom stereocenters. The number of benzene rings is 2. The average molecular weight is 424 g/mol. The lowest BCUT2D eigenvalue weighted by molar-refractivity contribution is -0.921. The van der Waals surface area contributed by atoms with Gasteiger partial charge in [-0.2, -0.15) is 0 Å². The quantitative estimate of drug-likeness (QED) is 0.544. The second kappa shape index (κ2) is 10.6. The Balaban J connectivity index is 1.42. The van der Waals surface area contributed by atoms with E-state index in [4.69, 9.17) is 14.2 Å². The fraction of sp³-hybridized carbons (Fsp3) is 0.400. The third kappa shape index (κ3) is 5.73. The van der Waals surface area contributed by atoms with Gasteiger partial charge >= 0.3 is 0 Å². The zero-order chi connectivity index (χ0) is 21.5. The molecule has 4 rings (SSSR count). The lowest BCUT2D eigenvalue weighted by atomic mass is 10.0. The molecule has 2 aromatic carbocycles. The third-order valence-electron chi connectivity index (χ3n) is 5.90. The third-order valence-corrected chi connectivity index (χ3v) is 5.90. The number of ketones is 1. The van der Waals surface area contributed by atoms with Crippen molar-refractivity contribution in [3.63, 3.8) is 0 Å². The topological polar surface area (TPSA) is 52.4 Å². The van der Waals surface area contributed by atoms with E-state index in [1.807, 2.05) is 24.3 Å². The van der Waals surface area contributed by atoms with E-state index in [-0.39, 0.29) is 5.78 Å². The summed E-state index contributed by atoms with van der Waals surface area (Å²) in [6.45, 7) is 7.72. The predicted octanol–water partition coefficient (Wildman–Crippen LogP) is 1.84. The first-order chi connectivity index (χ1) is 15.2. The van der Waals surface area contributed by atoms with Crippen LogP contribution in [0.15, 0.2) is 48.5 Å². The molecule has 0 atom stereocenters. The van der Waals surface area contributed by atoms with E-state index in [9.17, 15) is 4.79 Å². The summed E-state index contributed by atoms with van der Waals surface area (Å²) in [6, 6.07) is 14.0. The number of allylic oxidation sites excluding steroid dienone is 1. The van der Waals surface area contributed by atoms with Crippen LogP contribution in [0, 0.1) is 0 Å². The number of rotatable bonds is 7. The largest absolute Gasteiger partial charge is 0.496 e. The van der Waals surface area contributed by atoms with Gasteiger partial charge in [-0.05, 0) is 42.0 Å². The molecule has 2 aliphatic rings. The molecule has 6 nitrogen and oxygen atoms in total. The summed E-state index contributed by atoms with van der Waals surface area (Å²) >= 11 is 0. The van der Waals surface area contributed by atoms with E-state index in [0.29, 0.717) is 5.56 Å². The first-order valence-electron chi connectivity index (χ1n) is 11.0. The average Bonchev–Trinajstić information content (AvgIpc) is 2.84. The van der Waals surface area contributed by atoms with Gasteiger partial charge in [0.2, 0.25) is 0 Å². The smallest absolute Gasteiger partial charge is 0.185 e. The molecular formula is C25H31N2O4+. The van der Waals surface area contributed by atoms with Crippen LogP contribution in [0.4, 0.5) is 5.69 Å². The van der Waals surface area contributed by atoms with Crippen LogP contribution in [0.3, 0.4) is 0 Å². The van der Waals surface area contributed by atoms with Crippen molar-refractivity contribution < 1.29 is 23.9 Å². The van der Waals surface area contributed by atoms with Crippen molar-refractivity contribution in [2.24, 2.45) is 0 Å². The molecule has 6 heteroatoms. The first kappa shape index (κ1) is 21.6. The van der Waals surface area contributed by atoms with Gasteiger partial charge in [-0.1, -0.05) is 18.2 Å². The van der Waals surface area contributed by atoms with Crippen LogP contribution < -0.4 is 14.5 Å². The number of anilines is 1. The maximum absolute atomic E-state index is 12.8. The van der Waals surface area contributed by atoms with E-state index in [0.717, 1.165) is 76.0 Å². The van der Waals surface area contributed by atoms with Gasteiger partial charge in [0.1, 0.15) is 25.4 Å². The summed E-state index contributed by atoms with van der Waals surface area (Å²) in [5, 5.41) is 0. The Hall–Kier alpha value is -2.67. The maximum Gasteiger partial charge on any atom is 0.185 e. The molecule has 164 valence electrons. The summed E-state index contributed by atoms with van der Waals surface area (Å²) in [4.78, 5) is 16.6. The molecule has 2 aromatic rings. The molecule has 0 spiro atoms. The van der Waals surface area contributed by atoms with Crippen molar-refractivity contribution >= 4 is 17.5 Å². The number of quaternary nitrogens is 1. The molecule has 2 saturated heterocycles. The molecule has 31 heavy (non-hydrogen) atoms. The minimum absolute atomic E-state index is 0.00173. The molecule has 0 radical (unpaired) electrons. The van der Waals surface area contributed by atoms with E-state index >= 15 is 0 Å². The standard InChI is InChI=1S/C25H30N2O4/c1-29-25-9-5-21(18-22(25)19-26-10-14-30-15-11-26)24(28)8-4-20-2-6-23(7-3-20)27-12-16-31-17-13-27/h2-9,18H,10-17,19H2,1H3/p+1/b8-4+. The van der Waals surface area contributed by atoms with Gasteiger partial charge in [0.05, 0.1) is 33.5 Å². The summed E-state index contributed by atoms with van der Waals surface area (Å²) in [5.74, 6) is 0.830. The van der Waals surface area contributed by atoms with Gasteiger partial charge < -0.3 is 24.0 Å².